The molecule has 0 radical (unpaired) electrons. The molecular weight excluding hydrogens is 260 g/mol. The summed E-state index contributed by atoms with van der Waals surface area (Å²) in [6.07, 6.45) is 5.06. The molecule has 0 aliphatic heterocycles. The van der Waals surface area contributed by atoms with Crippen LogP contribution in [0, 0.1) is 0 Å². The number of methoxy groups -OCH3 is 1. The molecule has 1 aliphatic rings. The minimum Gasteiger partial charge on any atom is -0.464 e. The van der Waals surface area contributed by atoms with Crippen LogP contribution in [0.1, 0.15) is 41.5 Å². The fourth-order valence-corrected chi connectivity index (χ4v) is 1.84. The summed E-state index contributed by atoms with van der Waals surface area (Å²) in [5, 5.41) is 0. The van der Waals surface area contributed by atoms with Gasteiger partial charge in [0.2, 0.25) is 0 Å². The number of ether oxygens (including phenoxy) is 1. The number of carbonyl (C=O) groups is 1. The van der Waals surface area contributed by atoms with E-state index in [1.54, 1.807) is 6.20 Å². The van der Waals surface area contributed by atoms with Crippen molar-refractivity contribution >= 4 is 21.9 Å². The monoisotopic (exact) mass is 270 g/mol. The Labute approximate surface area is 96.2 Å². The average molecular weight is 271 g/mol. The molecular formula is C10H11BrN2O2. The number of halogens is 1. The third-order valence-corrected chi connectivity index (χ3v) is 3.19. The molecule has 1 aromatic rings. The molecule has 5 heteroatoms. The van der Waals surface area contributed by atoms with Crippen LogP contribution in [-0.4, -0.2) is 23.0 Å². The standard InChI is InChI=1S/C10H11BrN2O2/c1-15-10(14)8-7(11)5-12-9(13-8)6-3-2-4-6/h5-6H,2-4H2,1H3. The van der Waals surface area contributed by atoms with Gasteiger partial charge in [-0.3, -0.25) is 0 Å². The molecule has 1 heterocycles. The van der Waals surface area contributed by atoms with E-state index in [1.807, 2.05) is 0 Å². The lowest BCUT2D eigenvalue weighted by molar-refractivity contribution is 0.0592. The minimum atomic E-state index is -0.426. The molecule has 0 aromatic carbocycles. The van der Waals surface area contributed by atoms with Gasteiger partial charge in [0.25, 0.3) is 0 Å². The summed E-state index contributed by atoms with van der Waals surface area (Å²) < 4.78 is 5.23. The number of nitrogens with zero attached hydrogens (tertiary/aromatic N) is 2. The van der Waals surface area contributed by atoms with E-state index in [9.17, 15) is 4.79 Å². The number of hydrogen-bond donors (Lipinski definition) is 0. The van der Waals surface area contributed by atoms with Gasteiger partial charge < -0.3 is 4.74 Å². The smallest absolute Gasteiger partial charge is 0.357 e. The molecule has 1 saturated carbocycles. The van der Waals surface area contributed by atoms with E-state index >= 15 is 0 Å². The van der Waals surface area contributed by atoms with Gasteiger partial charge in [-0.2, -0.15) is 0 Å². The largest absolute Gasteiger partial charge is 0.464 e. The van der Waals surface area contributed by atoms with E-state index in [-0.39, 0.29) is 0 Å². The van der Waals surface area contributed by atoms with E-state index in [0.29, 0.717) is 16.1 Å². The lowest BCUT2D eigenvalue weighted by Crippen LogP contribution is -2.16. The first-order chi connectivity index (χ1) is 7.22. The first-order valence-corrected chi connectivity index (χ1v) is 5.62. The molecule has 1 aliphatic carbocycles. The maximum atomic E-state index is 11.4. The van der Waals surface area contributed by atoms with Crippen LogP contribution in [-0.2, 0) is 4.74 Å². The number of aromatic nitrogens is 2. The molecule has 0 saturated heterocycles. The first kappa shape index (κ1) is 10.5. The van der Waals surface area contributed by atoms with Crippen LogP contribution in [0.3, 0.4) is 0 Å². The fraction of sp³-hybridized carbons (Fsp3) is 0.500. The summed E-state index contributed by atoms with van der Waals surface area (Å²) in [5.74, 6) is 0.746. The minimum absolute atomic E-state index is 0.314. The number of carbonyl (C=O) groups excluding carboxylic acids is 1. The van der Waals surface area contributed by atoms with Crippen molar-refractivity contribution < 1.29 is 9.53 Å². The highest BCUT2D eigenvalue weighted by Crippen LogP contribution is 2.34. The van der Waals surface area contributed by atoms with Crippen molar-refractivity contribution in [3.63, 3.8) is 0 Å². The first-order valence-electron chi connectivity index (χ1n) is 4.83. The SMILES string of the molecule is COC(=O)c1nc(C2CCC2)ncc1Br. The van der Waals surface area contributed by atoms with Gasteiger partial charge in [0.05, 0.1) is 11.6 Å². The van der Waals surface area contributed by atoms with Crippen LogP contribution in [0.2, 0.25) is 0 Å². The zero-order chi connectivity index (χ0) is 10.8. The molecule has 0 bridgehead atoms. The summed E-state index contributed by atoms with van der Waals surface area (Å²) in [6, 6.07) is 0. The molecule has 0 amide bonds. The number of rotatable bonds is 2. The van der Waals surface area contributed by atoms with E-state index in [0.717, 1.165) is 18.7 Å². The molecule has 15 heavy (non-hydrogen) atoms. The summed E-state index contributed by atoms with van der Waals surface area (Å²) in [5.41, 5.74) is 0.314. The van der Waals surface area contributed by atoms with E-state index in [2.05, 4.69) is 30.6 Å². The maximum Gasteiger partial charge on any atom is 0.357 e. The average Bonchev–Trinajstić information content (AvgIpc) is 2.17. The van der Waals surface area contributed by atoms with Gasteiger partial charge in [-0.1, -0.05) is 6.42 Å². The highest BCUT2D eigenvalue weighted by molar-refractivity contribution is 9.10. The van der Waals surface area contributed by atoms with Gasteiger partial charge in [-0.05, 0) is 28.8 Å². The second kappa shape index (κ2) is 4.26. The Morgan fingerprint density at radius 1 is 1.60 bits per heavy atom. The van der Waals surface area contributed by atoms with Crippen LogP contribution < -0.4 is 0 Å². The van der Waals surface area contributed by atoms with Gasteiger partial charge >= 0.3 is 5.97 Å². The lowest BCUT2D eigenvalue weighted by atomic mass is 9.85. The van der Waals surface area contributed by atoms with Crippen molar-refractivity contribution in [3.8, 4) is 0 Å². The Kier molecular flexibility index (Phi) is 3.00. The van der Waals surface area contributed by atoms with Gasteiger partial charge in [-0.15, -0.1) is 0 Å². The Bertz CT molecular complexity index is 391. The van der Waals surface area contributed by atoms with Gasteiger partial charge in [0.15, 0.2) is 5.69 Å². The van der Waals surface area contributed by atoms with Crippen LogP contribution in [0.4, 0.5) is 0 Å². The van der Waals surface area contributed by atoms with Crippen LogP contribution in [0.15, 0.2) is 10.7 Å². The fourth-order valence-electron chi connectivity index (χ4n) is 1.48. The summed E-state index contributed by atoms with van der Waals surface area (Å²) in [4.78, 5) is 19.8. The van der Waals surface area contributed by atoms with Crippen LogP contribution in [0.25, 0.3) is 0 Å². The van der Waals surface area contributed by atoms with Crippen molar-refractivity contribution in [2.75, 3.05) is 7.11 Å². The predicted molar refractivity (Wildman–Crippen MR) is 57.7 cm³/mol. The van der Waals surface area contributed by atoms with Crippen molar-refractivity contribution in [2.45, 2.75) is 25.2 Å². The van der Waals surface area contributed by atoms with Crippen molar-refractivity contribution in [1.29, 1.82) is 0 Å². The van der Waals surface area contributed by atoms with E-state index in [4.69, 9.17) is 0 Å². The molecule has 1 aromatic heterocycles. The third-order valence-electron chi connectivity index (χ3n) is 2.61. The van der Waals surface area contributed by atoms with Crippen molar-refractivity contribution in [3.05, 3.63) is 22.2 Å². The normalized spacial score (nSPS) is 15.9. The Morgan fingerprint density at radius 3 is 2.87 bits per heavy atom. The summed E-state index contributed by atoms with van der Waals surface area (Å²) in [6.45, 7) is 0. The summed E-state index contributed by atoms with van der Waals surface area (Å²) >= 11 is 3.24. The number of esters is 1. The molecule has 2 rings (SSSR count). The molecule has 4 nitrogen and oxygen atoms in total. The zero-order valence-electron chi connectivity index (χ0n) is 8.36. The third kappa shape index (κ3) is 2.02. The highest BCUT2D eigenvalue weighted by atomic mass is 79.9. The summed E-state index contributed by atoms with van der Waals surface area (Å²) in [7, 11) is 1.35. The van der Waals surface area contributed by atoms with Crippen molar-refractivity contribution in [1.82, 2.24) is 9.97 Å². The maximum absolute atomic E-state index is 11.4. The van der Waals surface area contributed by atoms with Gasteiger partial charge in [0, 0.05) is 12.1 Å². The lowest BCUT2D eigenvalue weighted by Gasteiger charge is -2.23. The van der Waals surface area contributed by atoms with E-state index < -0.39 is 5.97 Å². The molecule has 0 unspecified atom stereocenters. The van der Waals surface area contributed by atoms with Gasteiger partial charge in [0.1, 0.15) is 5.82 Å². The topological polar surface area (TPSA) is 52.1 Å². The highest BCUT2D eigenvalue weighted by Gasteiger charge is 2.24. The second-order valence-corrected chi connectivity index (χ2v) is 4.40. The van der Waals surface area contributed by atoms with Crippen LogP contribution >= 0.6 is 15.9 Å². The molecule has 80 valence electrons. The predicted octanol–water partition coefficient (Wildman–Crippen LogP) is 2.29. The van der Waals surface area contributed by atoms with E-state index in [1.165, 1.54) is 13.5 Å². The molecule has 1 fully saturated rings. The molecule has 0 spiro atoms. The zero-order valence-corrected chi connectivity index (χ0v) is 9.95. The second-order valence-electron chi connectivity index (χ2n) is 3.54. The Balaban J connectivity index is 2.31. The van der Waals surface area contributed by atoms with Crippen molar-refractivity contribution in [2.24, 2.45) is 0 Å². The quantitative estimate of drug-likeness (QED) is 0.774. The number of hydrogen-bond acceptors (Lipinski definition) is 4. The molecule has 0 atom stereocenters. The van der Waals surface area contributed by atoms with Gasteiger partial charge in [-0.25, -0.2) is 14.8 Å². The van der Waals surface area contributed by atoms with Crippen LogP contribution in [0.5, 0.6) is 0 Å². The Hall–Kier alpha value is -0.970. The Morgan fingerprint density at radius 2 is 2.33 bits per heavy atom. The molecule has 0 N–H and O–H groups in total.